The van der Waals surface area contributed by atoms with Crippen LogP contribution < -0.4 is 4.72 Å². The summed E-state index contributed by atoms with van der Waals surface area (Å²) in [5.74, 6) is 1.49. The molecule has 1 fully saturated rings. The van der Waals surface area contributed by atoms with Crippen LogP contribution in [0.25, 0.3) is 0 Å². The van der Waals surface area contributed by atoms with Gasteiger partial charge in [-0.05, 0) is 19.3 Å². The van der Waals surface area contributed by atoms with Gasteiger partial charge in [-0.2, -0.15) is 17.7 Å². The largest absolute Gasteiger partial charge is 0.339 e. The van der Waals surface area contributed by atoms with Gasteiger partial charge < -0.3 is 4.52 Å². The zero-order valence-corrected chi connectivity index (χ0v) is 15.1. The Morgan fingerprint density at radius 2 is 2.00 bits per heavy atom. The predicted octanol–water partition coefficient (Wildman–Crippen LogP) is 2.22. The highest BCUT2D eigenvalue weighted by Crippen LogP contribution is 2.22. The zero-order valence-electron chi connectivity index (χ0n) is 14.3. The minimum atomic E-state index is -3.41. The number of nitrogens with zero attached hydrogens (tertiary/aromatic N) is 3. The molecule has 0 unspecified atom stereocenters. The zero-order chi connectivity index (χ0) is 16.9. The molecule has 0 amide bonds. The molecular formula is C15H28N4O3S. The highest BCUT2D eigenvalue weighted by molar-refractivity contribution is 7.87. The number of nitrogens with one attached hydrogen (secondary N) is 1. The molecule has 0 aromatic carbocycles. The van der Waals surface area contributed by atoms with Gasteiger partial charge in [-0.15, -0.1) is 0 Å². The first-order chi connectivity index (χ1) is 10.9. The number of aryl methyl sites for hydroxylation is 1. The molecule has 1 aromatic rings. The Kier molecular flexibility index (Phi) is 6.55. The van der Waals surface area contributed by atoms with Crippen LogP contribution in [0, 0.1) is 0 Å². The Hall–Kier alpha value is -0.990. The molecule has 7 nitrogen and oxygen atoms in total. The molecule has 1 aliphatic carbocycles. The molecule has 2 rings (SSSR count). The highest BCUT2D eigenvalue weighted by Gasteiger charge is 2.27. The van der Waals surface area contributed by atoms with Crippen molar-refractivity contribution in [1.82, 2.24) is 19.2 Å². The maximum atomic E-state index is 12.3. The Morgan fingerprint density at radius 3 is 2.61 bits per heavy atom. The lowest BCUT2D eigenvalue weighted by Crippen LogP contribution is -2.45. The third-order valence-corrected chi connectivity index (χ3v) is 5.95. The van der Waals surface area contributed by atoms with Gasteiger partial charge >= 0.3 is 0 Å². The fourth-order valence-electron chi connectivity index (χ4n) is 2.79. The molecule has 23 heavy (non-hydrogen) atoms. The van der Waals surface area contributed by atoms with Crippen LogP contribution in [-0.2, 0) is 16.6 Å². The molecule has 1 saturated carbocycles. The molecule has 0 spiro atoms. The van der Waals surface area contributed by atoms with Crippen molar-refractivity contribution >= 4 is 10.2 Å². The van der Waals surface area contributed by atoms with Crippen molar-refractivity contribution in [1.29, 1.82) is 0 Å². The molecule has 1 aromatic heterocycles. The SMILES string of the molecule is CC(C)c1noc(CCCNS(=O)(=O)N(C)C2CCCCC2)n1. The quantitative estimate of drug-likeness (QED) is 0.731. The third kappa shape index (κ3) is 5.26. The van der Waals surface area contributed by atoms with Gasteiger partial charge in [0.05, 0.1) is 0 Å². The van der Waals surface area contributed by atoms with Crippen molar-refractivity contribution in [2.75, 3.05) is 13.6 Å². The standard InChI is InChI=1S/C15H28N4O3S/c1-12(2)15-17-14(22-18-15)10-7-11-16-23(20,21)19(3)13-8-5-4-6-9-13/h12-13,16H,4-11H2,1-3H3. The molecule has 0 radical (unpaired) electrons. The van der Waals surface area contributed by atoms with Crippen molar-refractivity contribution in [3.8, 4) is 0 Å². The Bertz CT molecular complexity index is 579. The molecular weight excluding hydrogens is 316 g/mol. The van der Waals surface area contributed by atoms with E-state index in [0.29, 0.717) is 31.1 Å². The topological polar surface area (TPSA) is 88.3 Å². The third-order valence-electron chi connectivity index (χ3n) is 4.32. The second kappa shape index (κ2) is 8.21. The lowest BCUT2D eigenvalue weighted by Gasteiger charge is -2.30. The van der Waals surface area contributed by atoms with Crippen LogP contribution >= 0.6 is 0 Å². The van der Waals surface area contributed by atoms with E-state index in [4.69, 9.17) is 4.52 Å². The van der Waals surface area contributed by atoms with Crippen LogP contribution in [0.1, 0.15) is 70.0 Å². The molecule has 1 N–H and O–H groups in total. The maximum Gasteiger partial charge on any atom is 0.279 e. The molecule has 8 heteroatoms. The van der Waals surface area contributed by atoms with Crippen molar-refractivity contribution < 1.29 is 12.9 Å². The normalized spacial score (nSPS) is 17.3. The molecule has 1 aliphatic rings. The summed E-state index contributed by atoms with van der Waals surface area (Å²) in [6, 6.07) is 0.130. The van der Waals surface area contributed by atoms with Crippen LogP contribution in [-0.4, -0.2) is 42.5 Å². The average molecular weight is 344 g/mol. The summed E-state index contributed by atoms with van der Waals surface area (Å²) >= 11 is 0. The second-order valence-electron chi connectivity index (χ2n) is 6.51. The van der Waals surface area contributed by atoms with Gasteiger partial charge in [-0.25, -0.2) is 4.72 Å². The van der Waals surface area contributed by atoms with Crippen molar-refractivity contribution in [3.63, 3.8) is 0 Å². The summed E-state index contributed by atoms with van der Waals surface area (Å²) in [4.78, 5) is 4.29. The molecule has 0 atom stereocenters. The predicted molar refractivity (Wildman–Crippen MR) is 88.3 cm³/mol. The smallest absolute Gasteiger partial charge is 0.279 e. The van der Waals surface area contributed by atoms with Crippen molar-refractivity contribution in [2.45, 2.75) is 70.8 Å². The lowest BCUT2D eigenvalue weighted by atomic mass is 9.96. The van der Waals surface area contributed by atoms with Crippen LogP contribution in [0.3, 0.4) is 0 Å². The van der Waals surface area contributed by atoms with E-state index in [1.165, 1.54) is 10.7 Å². The van der Waals surface area contributed by atoms with Crippen molar-refractivity contribution in [3.05, 3.63) is 11.7 Å². The minimum Gasteiger partial charge on any atom is -0.339 e. The van der Waals surface area contributed by atoms with Gasteiger partial charge in [0.2, 0.25) is 5.89 Å². The van der Waals surface area contributed by atoms with E-state index < -0.39 is 10.2 Å². The first-order valence-electron chi connectivity index (χ1n) is 8.45. The summed E-state index contributed by atoms with van der Waals surface area (Å²) in [6.07, 6.45) is 6.56. The minimum absolute atomic E-state index is 0.130. The monoisotopic (exact) mass is 344 g/mol. The van der Waals surface area contributed by atoms with Gasteiger partial charge in [0.15, 0.2) is 5.82 Å². The van der Waals surface area contributed by atoms with Crippen molar-refractivity contribution in [2.24, 2.45) is 0 Å². The summed E-state index contributed by atoms with van der Waals surface area (Å²) in [5, 5.41) is 3.90. The summed E-state index contributed by atoms with van der Waals surface area (Å²) in [6.45, 7) is 4.38. The van der Waals surface area contributed by atoms with E-state index >= 15 is 0 Å². The Balaban J connectivity index is 1.75. The number of hydrogen-bond acceptors (Lipinski definition) is 5. The first kappa shape index (κ1) is 18.4. The van der Waals surface area contributed by atoms with E-state index in [1.807, 2.05) is 13.8 Å². The summed E-state index contributed by atoms with van der Waals surface area (Å²) in [7, 11) is -1.73. The van der Waals surface area contributed by atoms with Crippen LogP contribution in [0.5, 0.6) is 0 Å². The summed E-state index contributed by atoms with van der Waals surface area (Å²) < 4.78 is 33.9. The van der Waals surface area contributed by atoms with Crippen LogP contribution in [0.15, 0.2) is 4.52 Å². The van der Waals surface area contributed by atoms with E-state index in [2.05, 4.69) is 14.9 Å². The Labute approximate surface area is 139 Å². The molecule has 1 heterocycles. The Morgan fingerprint density at radius 1 is 1.30 bits per heavy atom. The number of aromatic nitrogens is 2. The average Bonchev–Trinajstić information content (AvgIpc) is 3.01. The van der Waals surface area contributed by atoms with Gasteiger partial charge in [-0.1, -0.05) is 38.3 Å². The van der Waals surface area contributed by atoms with Gasteiger partial charge in [-0.3, -0.25) is 0 Å². The fraction of sp³-hybridized carbons (Fsp3) is 0.867. The fourth-order valence-corrected chi connectivity index (χ4v) is 4.00. The summed E-state index contributed by atoms with van der Waals surface area (Å²) in [5.41, 5.74) is 0. The second-order valence-corrected chi connectivity index (χ2v) is 8.33. The lowest BCUT2D eigenvalue weighted by molar-refractivity contribution is 0.283. The van der Waals surface area contributed by atoms with E-state index in [1.54, 1.807) is 7.05 Å². The van der Waals surface area contributed by atoms with Gasteiger partial charge in [0.25, 0.3) is 10.2 Å². The molecule has 0 saturated heterocycles. The maximum absolute atomic E-state index is 12.3. The molecule has 132 valence electrons. The van der Waals surface area contributed by atoms with Crippen LogP contribution in [0.4, 0.5) is 0 Å². The van der Waals surface area contributed by atoms with Gasteiger partial charge in [0.1, 0.15) is 0 Å². The number of hydrogen-bond donors (Lipinski definition) is 1. The molecule has 0 bridgehead atoms. The van der Waals surface area contributed by atoms with E-state index in [0.717, 1.165) is 25.7 Å². The van der Waals surface area contributed by atoms with Crippen LogP contribution in [0.2, 0.25) is 0 Å². The molecule has 0 aliphatic heterocycles. The highest BCUT2D eigenvalue weighted by atomic mass is 32.2. The van der Waals surface area contributed by atoms with E-state index in [-0.39, 0.29) is 12.0 Å². The van der Waals surface area contributed by atoms with E-state index in [9.17, 15) is 8.42 Å². The number of rotatable bonds is 8. The van der Waals surface area contributed by atoms with Gasteiger partial charge in [0, 0.05) is 32.0 Å². The first-order valence-corrected chi connectivity index (χ1v) is 9.89.